The molecule has 67 heavy (non-hydrogen) atoms. The summed E-state index contributed by atoms with van der Waals surface area (Å²) in [5.41, 5.74) is 0. The number of aliphatic hydroxyl groups is 5. The Bertz CT molecular complexity index is 1280. The van der Waals surface area contributed by atoms with E-state index < -0.39 is 49.5 Å². The summed E-state index contributed by atoms with van der Waals surface area (Å²) in [6, 6.07) is -0.747. The van der Waals surface area contributed by atoms with E-state index in [0.29, 0.717) is 19.3 Å². The van der Waals surface area contributed by atoms with Crippen LogP contribution in [0.25, 0.3) is 0 Å². The van der Waals surface area contributed by atoms with Gasteiger partial charge in [-0.1, -0.05) is 234 Å². The molecule has 0 bridgehead atoms. The summed E-state index contributed by atoms with van der Waals surface area (Å²) in [5, 5.41) is 54.6. The lowest BCUT2D eigenvalue weighted by Crippen LogP contribution is -2.60. The van der Waals surface area contributed by atoms with Crippen molar-refractivity contribution in [3.05, 3.63) is 72.9 Å². The van der Waals surface area contributed by atoms with E-state index in [1.165, 1.54) is 128 Å². The fourth-order valence-electron chi connectivity index (χ4n) is 8.46. The van der Waals surface area contributed by atoms with Crippen molar-refractivity contribution in [2.45, 2.75) is 275 Å². The Morgan fingerprint density at radius 2 is 0.925 bits per heavy atom. The number of aliphatic hydroxyl groups excluding tert-OH is 5. The summed E-state index contributed by atoms with van der Waals surface area (Å²) in [6.07, 6.45) is 57.8. The zero-order chi connectivity index (χ0) is 48.7. The molecule has 9 heteroatoms. The van der Waals surface area contributed by atoms with Crippen molar-refractivity contribution >= 4 is 5.91 Å². The van der Waals surface area contributed by atoms with E-state index in [1.807, 2.05) is 0 Å². The summed E-state index contributed by atoms with van der Waals surface area (Å²) in [6.45, 7) is 3.71. The molecule has 0 spiro atoms. The first kappa shape index (κ1) is 62.6. The molecule has 388 valence electrons. The van der Waals surface area contributed by atoms with E-state index in [1.54, 1.807) is 0 Å². The molecular formula is C58H103NO8. The number of carbonyl (C=O) groups excluding carboxylic acids is 1. The quantitative estimate of drug-likeness (QED) is 0.0261. The highest BCUT2D eigenvalue weighted by molar-refractivity contribution is 5.76. The van der Waals surface area contributed by atoms with Crippen LogP contribution in [0.3, 0.4) is 0 Å². The van der Waals surface area contributed by atoms with Gasteiger partial charge in [-0.05, 0) is 64.2 Å². The molecule has 1 aliphatic rings. The van der Waals surface area contributed by atoms with Crippen molar-refractivity contribution in [3.8, 4) is 0 Å². The molecule has 1 amide bonds. The number of hydrogen-bond acceptors (Lipinski definition) is 8. The van der Waals surface area contributed by atoms with E-state index in [2.05, 4.69) is 92.1 Å². The van der Waals surface area contributed by atoms with Gasteiger partial charge >= 0.3 is 0 Å². The number of rotatable bonds is 46. The summed E-state index contributed by atoms with van der Waals surface area (Å²) >= 11 is 0. The van der Waals surface area contributed by atoms with Gasteiger partial charge < -0.3 is 40.3 Å². The van der Waals surface area contributed by atoms with Gasteiger partial charge in [-0.25, -0.2) is 0 Å². The molecule has 0 aromatic carbocycles. The monoisotopic (exact) mass is 942 g/mol. The predicted octanol–water partition coefficient (Wildman–Crippen LogP) is 13.3. The van der Waals surface area contributed by atoms with Crippen LogP contribution >= 0.6 is 0 Å². The number of allylic oxidation sites excluding steroid dienone is 12. The number of unbranched alkanes of at least 4 members (excludes halogenated alkanes) is 24. The lowest BCUT2D eigenvalue weighted by molar-refractivity contribution is -0.302. The highest BCUT2D eigenvalue weighted by Gasteiger charge is 2.44. The van der Waals surface area contributed by atoms with Gasteiger partial charge in [-0.3, -0.25) is 4.79 Å². The molecule has 0 radical (unpaired) electrons. The molecule has 7 unspecified atom stereocenters. The second-order valence-corrected chi connectivity index (χ2v) is 19.0. The highest BCUT2D eigenvalue weighted by Crippen LogP contribution is 2.23. The molecule has 0 aliphatic carbocycles. The minimum Gasteiger partial charge on any atom is -0.394 e. The molecule has 1 fully saturated rings. The van der Waals surface area contributed by atoms with Gasteiger partial charge in [-0.15, -0.1) is 0 Å². The van der Waals surface area contributed by atoms with Gasteiger partial charge in [0.2, 0.25) is 5.91 Å². The first-order chi connectivity index (χ1) is 32.8. The van der Waals surface area contributed by atoms with Crippen LogP contribution in [0.5, 0.6) is 0 Å². The first-order valence-electron chi connectivity index (χ1n) is 27.6. The molecule has 1 heterocycles. The van der Waals surface area contributed by atoms with Crippen LogP contribution in [0.1, 0.15) is 232 Å². The van der Waals surface area contributed by atoms with E-state index in [4.69, 9.17) is 9.47 Å². The predicted molar refractivity (Wildman–Crippen MR) is 281 cm³/mol. The lowest BCUT2D eigenvalue weighted by Gasteiger charge is -2.40. The minimum absolute atomic E-state index is 0.159. The zero-order valence-electron chi connectivity index (χ0n) is 42.9. The normalized spacial score (nSPS) is 20.3. The fourth-order valence-corrected chi connectivity index (χ4v) is 8.46. The van der Waals surface area contributed by atoms with Crippen molar-refractivity contribution in [2.75, 3.05) is 13.2 Å². The summed E-state index contributed by atoms with van der Waals surface area (Å²) < 4.78 is 11.3. The second kappa shape index (κ2) is 47.3. The lowest BCUT2D eigenvalue weighted by atomic mass is 9.99. The van der Waals surface area contributed by atoms with Crippen LogP contribution < -0.4 is 5.32 Å². The molecule has 7 atom stereocenters. The summed E-state index contributed by atoms with van der Waals surface area (Å²) in [5.74, 6) is -0.187. The Hall–Kier alpha value is -2.37. The molecule has 1 rings (SSSR count). The Balaban J connectivity index is 2.28. The molecule has 6 N–H and O–H groups in total. The van der Waals surface area contributed by atoms with Crippen LogP contribution in [0, 0.1) is 0 Å². The van der Waals surface area contributed by atoms with Crippen LogP contribution in [0.2, 0.25) is 0 Å². The van der Waals surface area contributed by atoms with Gasteiger partial charge in [0.25, 0.3) is 0 Å². The first-order valence-corrected chi connectivity index (χ1v) is 27.6. The Morgan fingerprint density at radius 1 is 0.522 bits per heavy atom. The number of amides is 1. The summed E-state index contributed by atoms with van der Waals surface area (Å²) in [7, 11) is 0. The molecule has 9 nitrogen and oxygen atoms in total. The topological polar surface area (TPSA) is 149 Å². The maximum atomic E-state index is 13.0. The van der Waals surface area contributed by atoms with E-state index in [9.17, 15) is 30.3 Å². The average molecular weight is 942 g/mol. The van der Waals surface area contributed by atoms with Crippen molar-refractivity contribution in [1.82, 2.24) is 5.32 Å². The van der Waals surface area contributed by atoms with Gasteiger partial charge in [0, 0.05) is 6.42 Å². The van der Waals surface area contributed by atoms with Crippen LogP contribution in [0.4, 0.5) is 0 Å². The van der Waals surface area contributed by atoms with E-state index in [0.717, 1.165) is 70.6 Å². The standard InChI is InChI=1S/C58H103NO8/c1-3-5-7-9-11-13-15-17-19-21-23-25-26-28-29-31-33-35-37-39-41-43-45-47-52(61)51(50-66-58-57(65)56(64)55(63)53(49-60)67-58)59-54(62)48-46-44-42-40-38-36-34-32-30-27-24-22-20-18-16-14-12-10-8-6-4-2/h6,8,12,14,18,20,24,27,32,34,38,40,51-53,55-58,60-61,63-65H,3-5,7,9-11,13,15-17,19,21-23,25-26,28-31,33,35-37,39,41-50H2,1-2H3,(H,59,62)/b8-6-,14-12-,20-18-,27-24-,34-32-,40-38-. The Labute approximate surface area is 410 Å². The largest absolute Gasteiger partial charge is 0.394 e. The number of hydrogen-bond donors (Lipinski definition) is 6. The maximum Gasteiger partial charge on any atom is 0.220 e. The molecule has 0 saturated carbocycles. The third kappa shape index (κ3) is 37.2. The Morgan fingerprint density at radius 3 is 1.34 bits per heavy atom. The Kier molecular flexibility index (Phi) is 44.2. The van der Waals surface area contributed by atoms with Crippen LogP contribution in [-0.4, -0.2) is 87.5 Å². The summed E-state index contributed by atoms with van der Waals surface area (Å²) in [4.78, 5) is 13.0. The fraction of sp³-hybridized carbons (Fsp3) is 0.776. The highest BCUT2D eigenvalue weighted by atomic mass is 16.7. The number of carbonyl (C=O) groups is 1. The van der Waals surface area contributed by atoms with Gasteiger partial charge in [-0.2, -0.15) is 0 Å². The molecule has 0 aromatic heterocycles. The number of ether oxygens (including phenoxy) is 2. The SMILES string of the molecule is CC/C=C\C/C=C\C/C=C\C/C=C\C/C=C\C/C=C\CCCCC(=O)NC(COC1OC(CO)C(O)C(O)C1O)C(O)CCCCCCCCCCCCCCCCCCCCCCCCC. The van der Waals surface area contributed by atoms with Crippen molar-refractivity contribution in [1.29, 1.82) is 0 Å². The molecular weight excluding hydrogens is 839 g/mol. The van der Waals surface area contributed by atoms with Crippen LogP contribution in [0.15, 0.2) is 72.9 Å². The minimum atomic E-state index is -1.57. The van der Waals surface area contributed by atoms with Crippen molar-refractivity contribution < 1.29 is 39.8 Å². The molecule has 1 saturated heterocycles. The van der Waals surface area contributed by atoms with E-state index >= 15 is 0 Å². The third-order valence-corrected chi connectivity index (χ3v) is 12.8. The second-order valence-electron chi connectivity index (χ2n) is 19.0. The van der Waals surface area contributed by atoms with Crippen molar-refractivity contribution in [2.24, 2.45) is 0 Å². The van der Waals surface area contributed by atoms with E-state index in [-0.39, 0.29) is 12.5 Å². The molecule has 0 aromatic rings. The van der Waals surface area contributed by atoms with Gasteiger partial charge in [0.1, 0.15) is 24.4 Å². The molecule has 1 aliphatic heterocycles. The third-order valence-electron chi connectivity index (χ3n) is 12.8. The van der Waals surface area contributed by atoms with Crippen LogP contribution in [-0.2, 0) is 14.3 Å². The average Bonchev–Trinajstić information content (AvgIpc) is 3.33. The van der Waals surface area contributed by atoms with Crippen molar-refractivity contribution in [3.63, 3.8) is 0 Å². The van der Waals surface area contributed by atoms with Gasteiger partial charge in [0.05, 0.1) is 25.4 Å². The van der Waals surface area contributed by atoms with Gasteiger partial charge in [0.15, 0.2) is 6.29 Å². The maximum absolute atomic E-state index is 13.0. The zero-order valence-corrected chi connectivity index (χ0v) is 42.9. The number of nitrogens with one attached hydrogen (secondary N) is 1. The smallest absolute Gasteiger partial charge is 0.220 e.